The Hall–Kier alpha value is -3.02. The fraction of sp³-hybridized carbons (Fsp3) is 0.200. The van der Waals surface area contributed by atoms with Gasteiger partial charge in [-0.1, -0.05) is 43.8 Å². The van der Waals surface area contributed by atoms with E-state index >= 15 is 0 Å². The first kappa shape index (κ1) is 22.7. The largest absolute Gasteiger partial charge is 0.343 e. The third-order valence-electron chi connectivity index (χ3n) is 4.39. The van der Waals surface area contributed by atoms with Gasteiger partial charge in [-0.2, -0.15) is 4.31 Å². The van der Waals surface area contributed by atoms with E-state index < -0.39 is 14.9 Å². The molecule has 0 saturated heterocycles. The molecule has 0 amide bonds. The summed E-state index contributed by atoms with van der Waals surface area (Å²) < 4.78 is 26.6. The van der Waals surface area contributed by atoms with Crippen LogP contribution in [0, 0.1) is 10.1 Å². The van der Waals surface area contributed by atoms with E-state index in [1.54, 1.807) is 26.0 Å². The molecule has 0 aliphatic rings. The van der Waals surface area contributed by atoms with Gasteiger partial charge in [0.25, 0.3) is 0 Å². The van der Waals surface area contributed by atoms with Gasteiger partial charge < -0.3 is 5.32 Å². The molecule has 31 heavy (non-hydrogen) atoms. The number of aromatic nitrogens is 2. The van der Waals surface area contributed by atoms with Gasteiger partial charge in [0.1, 0.15) is 6.33 Å². The van der Waals surface area contributed by atoms with E-state index in [1.807, 2.05) is 30.3 Å². The van der Waals surface area contributed by atoms with Crippen LogP contribution in [0.25, 0.3) is 0 Å². The average molecular weight is 460 g/mol. The predicted octanol–water partition coefficient (Wildman–Crippen LogP) is 4.31. The summed E-state index contributed by atoms with van der Waals surface area (Å²) in [5.74, 6) is 0.0257. The smallest absolute Gasteiger partial charge is 0.334 e. The van der Waals surface area contributed by atoms with Gasteiger partial charge >= 0.3 is 5.69 Å². The van der Waals surface area contributed by atoms with Crippen LogP contribution in [0.15, 0.2) is 75.7 Å². The topological polar surface area (TPSA) is 118 Å². The van der Waals surface area contributed by atoms with Crippen LogP contribution < -0.4 is 5.32 Å². The first-order valence-electron chi connectivity index (χ1n) is 9.46. The number of nitro groups is 1. The number of nitrogens with zero attached hydrogens (tertiary/aromatic N) is 4. The summed E-state index contributed by atoms with van der Waals surface area (Å²) in [5.41, 5.74) is 0.215. The number of rotatable bonds is 9. The van der Waals surface area contributed by atoms with Crippen molar-refractivity contribution in [1.82, 2.24) is 14.3 Å². The zero-order chi connectivity index (χ0) is 22.4. The Morgan fingerprint density at radius 1 is 1.03 bits per heavy atom. The first-order valence-corrected chi connectivity index (χ1v) is 11.7. The van der Waals surface area contributed by atoms with Crippen molar-refractivity contribution in [2.24, 2.45) is 0 Å². The lowest BCUT2D eigenvalue weighted by Crippen LogP contribution is -2.30. The molecule has 1 aromatic heterocycles. The Labute approximate surface area is 184 Å². The van der Waals surface area contributed by atoms with Gasteiger partial charge in [0.05, 0.1) is 9.82 Å². The Balaban J connectivity index is 1.89. The highest BCUT2D eigenvalue weighted by Gasteiger charge is 2.25. The van der Waals surface area contributed by atoms with Crippen molar-refractivity contribution < 1.29 is 13.3 Å². The van der Waals surface area contributed by atoms with E-state index in [-0.39, 0.29) is 21.4 Å². The molecule has 0 radical (unpaired) electrons. The lowest BCUT2D eigenvalue weighted by Gasteiger charge is -2.18. The van der Waals surface area contributed by atoms with Crippen molar-refractivity contribution in [2.45, 2.75) is 28.7 Å². The molecular formula is C20H21N5O4S2. The van der Waals surface area contributed by atoms with Crippen LogP contribution in [-0.4, -0.2) is 40.7 Å². The summed E-state index contributed by atoms with van der Waals surface area (Å²) in [4.78, 5) is 20.2. The zero-order valence-electron chi connectivity index (χ0n) is 16.9. The Morgan fingerprint density at radius 2 is 1.68 bits per heavy atom. The summed E-state index contributed by atoms with van der Waals surface area (Å²) >= 11 is 1.16. The molecule has 0 bridgehead atoms. The number of benzene rings is 2. The van der Waals surface area contributed by atoms with E-state index in [9.17, 15) is 18.5 Å². The molecule has 3 aromatic rings. The van der Waals surface area contributed by atoms with Gasteiger partial charge in [0.15, 0.2) is 5.03 Å². The lowest BCUT2D eigenvalue weighted by atomic mass is 10.3. The maximum absolute atomic E-state index is 12.6. The standard InChI is InChI=1S/C20H21N5O4S2/c1-3-24(4-2)31(28,29)17-12-10-15(11-13-17)23-19-18(25(26)27)20(22-14-21-19)30-16-8-6-5-7-9-16/h5-14H,3-4H2,1-2H3,(H,21,22,23). The Morgan fingerprint density at radius 3 is 2.26 bits per heavy atom. The van der Waals surface area contributed by atoms with Crippen molar-refractivity contribution in [3.8, 4) is 0 Å². The van der Waals surface area contributed by atoms with Gasteiger partial charge in [-0.05, 0) is 36.4 Å². The zero-order valence-corrected chi connectivity index (χ0v) is 18.6. The molecule has 162 valence electrons. The highest BCUT2D eigenvalue weighted by Crippen LogP contribution is 2.37. The quantitative estimate of drug-likeness (QED) is 0.286. The third-order valence-corrected chi connectivity index (χ3v) is 7.45. The van der Waals surface area contributed by atoms with Crippen LogP contribution in [0.2, 0.25) is 0 Å². The molecule has 1 N–H and O–H groups in total. The number of nitrogens with one attached hydrogen (secondary N) is 1. The highest BCUT2D eigenvalue weighted by atomic mass is 32.2. The van der Waals surface area contributed by atoms with Crippen molar-refractivity contribution in [3.63, 3.8) is 0 Å². The van der Waals surface area contributed by atoms with Gasteiger partial charge in [0.2, 0.25) is 15.8 Å². The van der Waals surface area contributed by atoms with E-state index in [0.717, 1.165) is 16.7 Å². The molecule has 11 heteroatoms. The molecule has 0 atom stereocenters. The third kappa shape index (κ3) is 5.19. The Bertz CT molecular complexity index is 1150. The molecule has 0 aliphatic heterocycles. The maximum Gasteiger partial charge on any atom is 0.343 e. The molecule has 0 aliphatic carbocycles. The SMILES string of the molecule is CCN(CC)S(=O)(=O)c1ccc(Nc2ncnc(Sc3ccccc3)c2[N+](=O)[O-])cc1. The predicted molar refractivity (Wildman–Crippen MR) is 119 cm³/mol. The normalized spacial score (nSPS) is 11.5. The molecule has 9 nitrogen and oxygen atoms in total. The summed E-state index contributed by atoms with van der Waals surface area (Å²) in [6.45, 7) is 4.29. The first-order chi connectivity index (χ1) is 14.9. The molecule has 0 fully saturated rings. The number of anilines is 2. The van der Waals surface area contributed by atoms with Crippen LogP contribution in [0.3, 0.4) is 0 Å². The summed E-state index contributed by atoms with van der Waals surface area (Å²) in [6, 6.07) is 15.2. The maximum atomic E-state index is 12.6. The monoisotopic (exact) mass is 459 g/mol. The minimum Gasteiger partial charge on any atom is -0.334 e. The van der Waals surface area contributed by atoms with Crippen LogP contribution >= 0.6 is 11.8 Å². The van der Waals surface area contributed by atoms with Crippen LogP contribution in [0.1, 0.15) is 13.8 Å². The second kappa shape index (κ2) is 9.86. The van der Waals surface area contributed by atoms with Crippen molar-refractivity contribution in [3.05, 3.63) is 71.0 Å². The Kier molecular flexibility index (Phi) is 7.21. The molecule has 0 unspecified atom stereocenters. The summed E-state index contributed by atoms with van der Waals surface area (Å²) in [5, 5.41) is 14.8. The van der Waals surface area contributed by atoms with Crippen molar-refractivity contribution in [1.29, 1.82) is 0 Å². The summed E-state index contributed by atoms with van der Waals surface area (Å²) in [6.07, 6.45) is 1.25. The van der Waals surface area contributed by atoms with E-state index in [1.165, 1.54) is 22.8 Å². The average Bonchev–Trinajstić information content (AvgIpc) is 2.75. The molecule has 0 spiro atoms. The van der Waals surface area contributed by atoms with Gasteiger partial charge in [-0.25, -0.2) is 18.4 Å². The minimum absolute atomic E-state index is 0.0257. The van der Waals surface area contributed by atoms with Crippen LogP contribution in [-0.2, 0) is 10.0 Å². The molecule has 3 rings (SSSR count). The molecule has 1 heterocycles. The fourth-order valence-corrected chi connectivity index (χ4v) is 5.20. The highest BCUT2D eigenvalue weighted by molar-refractivity contribution is 7.99. The van der Waals surface area contributed by atoms with Crippen LogP contribution in [0.5, 0.6) is 0 Å². The van der Waals surface area contributed by atoms with Crippen molar-refractivity contribution >= 4 is 39.0 Å². The minimum atomic E-state index is -3.59. The van der Waals surface area contributed by atoms with Gasteiger partial charge in [-0.15, -0.1) is 0 Å². The molecule has 2 aromatic carbocycles. The molecule has 0 saturated carbocycles. The number of sulfonamides is 1. The van der Waals surface area contributed by atoms with E-state index in [4.69, 9.17) is 0 Å². The van der Waals surface area contributed by atoms with E-state index in [2.05, 4.69) is 15.3 Å². The lowest BCUT2D eigenvalue weighted by molar-refractivity contribution is -0.387. The van der Waals surface area contributed by atoms with E-state index in [0.29, 0.717) is 18.8 Å². The van der Waals surface area contributed by atoms with Crippen LogP contribution in [0.4, 0.5) is 17.2 Å². The summed E-state index contributed by atoms with van der Waals surface area (Å²) in [7, 11) is -3.59. The second-order valence-electron chi connectivity index (χ2n) is 6.29. The second-order valence-corrected chi connectivity index (χ2v) is 9.29. The van der Waals surface area contributed by atoms with Gasteiger partial charge in [0, 0.05) is 23.7 Å². The molecular weight excluding hydrogens is 438 g/mol. The number of hydrogen-bond acceptors (Lipinski definition) is 8. The fourth-order valence-electron chi connectivity index (χ4n) is 2.85. The van der Waals surface area contributed by atoms with Crippen molar-refractivity contribution in [2.75, 3.05) is 18.4 Å². The van der Waals surface area contributed by atoms with Gasteiger partial charge in [-0.3, -0.25) is 10.1 Å². The number of hydrogen-bond donors (Lipinski definition) is 1.